The number of nitrogens with one attached hydrogen (secondary N) is 2. The van der Waals surface area contributed by atoms with Crippen molar-refractivity contribution in [3.63, 3.8) is 0 Å². The topological polar surface area (TPSA) is 76.0 Å². The van der Waals surface area contributed by atoms with Gasteiger partial charge in [-0.15, -0.1) is 0 Å². The minimum absolute atomic E-state index is 0.0421. The second-order valence-electron chi connectivity index (χ2n) is 5.50. The van der Waals surface area contributed by atoms with Crippen LogP contribution in [0.15, 0.2) is 24.3 Å². The minimum atomic E-state index is -0.122. The number of rotatable bonds is 5. The van der Waals surface area contributed by atoms with Gasteiger partial charge < -0.3 is 10.6 Å². The first-order chi connectivity index (χ1) is 10.9. The fourth-order valence-corrected chi connectivity index (χ4v) is 2.42. The van der Waals surface area contributed by atoms with Gasteiger partial charge >= 0.3 is 0 Å². The molecule has 2 N–H and O–H groups in total. The van der Waals surface area contributed by atoms with Crippen molar-refractivity contribution in [2.24, 2.45) is 7.05 Å². The predicted molar refractivity (Wildman–Crippen MR) is 88.1 cm³/mol. The van der Waals surface area contributed by atoms with E-state index in [2.05, 4.69) is 15.7 Å². The van der Waals surface area contributed by atoms with E-state index in [1.54, 1.807) is 23.9 Å². The van der Waals surface area contributed by atoms with Crippen LogP contribution in [-0.2, 0) is 24.8 Å². The standard InChI is InChI=1S/C17H22N4O2/c1-11-15(12(2)21(4)20-11)9-16(22)19-10-13-5-7-14(8-6-13)17(23)18-3/h5-8H,9-10H2,1-4H3,(H,18,23)(H,19,22). The van der Waals surface area contributed by atoms with Crippen LogP contribution in [0.25, 0.3) is 0 Å². The van der Waals surface area contributed by atoms with Crippen LogP contribution in [0, 0.1) is 13.8 Å². The van der Waals surface area contributed by atoms with Crippen LogP contribution in [0.3, 0.4) is 0 Å². The van der Waals surface area contributed by atoms with Crippen LogP contribution in [0.5, 0.6) is 0 Å². The summed E-state index contributed by atoms with van der Waals surface area (Å²) in [5.74, 6) is -0.164. The molecule has 1 aromatic carbocycles. The van der Waals surface area contributed by atoms with Gasteiger partial charge in [-0.1, -0.05) is 12.1 Å². The van der Waals surface area contributed by atoms with Crippen molar-refractivity contribution in [1.29, 1.82) is 0 Å². The van der Waals surface area contributed by atoms with Crippen molar-refractivity contribution in [3.05, 3.63) is 52.3 Å². The van der Waals surface area contributed by atoms with Gasteiger partial charge in [-0.3, -0.25) is 14.3 Å². The summed E-state index contributed by atoms with van der Waals surface area (Å²) < 4.78 is 1.79. The Labute approximate surface area is 135 Å². The lowest BCUT2D eigenvalue weighted by Crippen LogP contribution is -2.25. The number of benzene rings is 1. The molecule has 2 rings (SSSR count). The molecule has 0 atom stereocenters. The van der Waals surface area contributed by atoms with Crippen molar-refractivity contribution in [1.82, 2.24) is 20.4 Å². The first-order valence-electron chi connectivity index (χ1n) is 7.49. The molecule has 0 unspecified atom stereocenters. The second kappa shape index (κ2) is 7.09. The fraction of sp³-hybridized carbons (Fsp3) is 0.353. The maximum absolute atomic E-state index is 12.1. The van der Waals surface area contributed by atoms with E-state index in [1.165, 1.54) is 0 Å². The molecule has 0 bridgehead atoms. The SMILES string of the molecule is CNC(=O)c1ccc(CNC(=O)Cc2c(C)nn(C)c2C)cc1. The van der Waals surface area contributed by atoms with Crippen molar-refractivity contribution in [3.8, 4) is 0 Å². The molecular weight excluding hydrogens is 292 g/mol. The summed E-state index contributed by atoms with van der Waals surface area (Å²) >= 11 is 0. The van der Waals surface area contributed by atoms with Gasteiger partial charge in [0.25, 0.3) is 5.91 Å². The predicted octanol–water partition coefficient (Wildman–Crippen LogP) is 1.26. The summed E-state index contributed by atoms with van der Waals surface area (Å²) in [6.45, 7) is 4.30. The highest BCUT2D eigenvalue weighted by molar-refractivity contribution is 5.93. The van der Waals surface area contributed by atoms with E-state index in [-0.39, 0.29) is 11.8 Å². The van der Waals surface area contributed by atoms with E-state index in [0.717, 1.165) is 22.5 Å². The van der Waals surface area contributed by atoms with Crippen molar-refractivity contribution in [2.75, 3.05) is 7.05 Å². The second-order valence-corrected chi connectivity index (χ2v) is 5.50. The lowest BCUT2D eigenvalue weighted by molar-refractivity contribution is -0.120. The molecule has 6 heteroatoms. The molecule has 1 heterocycles. The smallest absolute Gasteiger partial charge is 0.251 e. The zero-order chi connectivity index (χ0) is 17.0. The Morgan fingerprint density at radius 2 is 1.83 bits per heavy atom. The first-order valence-corrected chi connectivity index (χ1v) is 7.49. The van der Waals surface area contributed by atoms with E-state index in [1.807, 2.05) is 33.0 Å². The van der Waals surface area contributed by atoms with E-state index in [0.29, 0.717) is 18.5 Å². The van der Waals surface area contributed by atoms with Crippen LogP contribution >= 0.6 is 0 Å². The van der Waals surface area contributed by atoms with Crippen LogP contribution in [-0.4, -0.2) is 28.6 Å². The van der Waals surface area contributed by atoms with Gasteiger partial charge in [0.2, 0.25) is 5.91 Å². The van der Waals surface area contributed by atoms with Crippen molar-refractivity contribution in [2.45, 2.75) is 26.8 Å². The average Bonchev–Trinajstić information content (AvgIpc) is 2.79. The number of aryl methyl sites for hydroxylation is 2. The first kappa shape index (κ1) is 16.7. The Kier molecular flexibility index (Phi) is 5.16. The Morgan fingerprint density at radius 3 is 2.35 bits per heavy atom. The van der Waals surface area contributed by atoms with Crippen LogP contribution in [0.1, 0.15) is 32.9 Å². The number of hydrogen-bond donors (Lipinski definition) is 2. The lowest BCUT2D eigenvalue weighted by atomic mass is 10.1. The summed E-state index contributed by atoms with van der Waals surface area (Å²) in [6.07, 6.45) is 0.321. The molecule has 0 aliphatic rings. The summed E-state index contributed by atoms with van der Waals surface area (Å²) in [7, 11) is 3.47. The maximum atomic E-state index is 12.1. The maximum Gasteiger partial charge on any atom is 0.251 e. The molecular formula is C17H22N4O2. The zero-order valence-corrected chi connectivity index (χ0v) is 13.9. The highest BCUT2D eigenvalue weighted by Crippen LogP contribution is 2.12. The minimum Gasteiger partial charge on any atom is -0.355 e. The molecule has 0 fully saturated rings. The molecule has 0 radical (unpaired) electrons. The highest BCUT2D eigenvalue weighted by atomic mass is 16.2. The quantitative estimate of drug-likeness (QED) is 0.872. The third-order valence-corrected chi connectivity index (χ3v) is 3.93. The number of hydrogen-bond acceptors (Lipinski definition) is 3. The van der Waals surface area contributed by atoms with Gasteiger partial charge in [0.05, 0.1) is 12.1 Å². The largest absolute Gasteiger partial charge is 0.355 e. The number of aromatic nitrogens is 2. The summed E-state index contributed by atoms with van der Waals surface area (Å²) in [5.41, 5.74) is 4.41. The van der Waals surface area contributed by atoms with E-state index < -0.39 is 0 Å². The average molecular weight is 314 g/mol. The molecule has 0 aliphatic carbocycles. The number of amides is 2. The third kappa shape index (κ3) is 3.97. The number of carbonyl (C=O) groups excluding carboxylic acids is 2. The third-order valence-electron chi connectivity index (χ3n) is 3.93. The van der Waals surface area contributed by atoms with Crippen molar-refractivity contribution < 1.29 is 9.59 Å². The van der Waals surface area contributed by atoms with E-state index >= 15 is 0 Å². The summed E-state index contributed by atoms with van der Waals surface area (Å²) in [6, 6.07) is 7.17. The molecule has 0 saturated carbocycles. The van der Waals surface area contributed by atoms with Crippen LogP contribution in [0.4, 0.5) is 0 Å². The Hall–Kier alpha value is -2.63. The van der Waals surface area contributed by atoms with Gasteiger partial charge in [-0.2, -0.15) is 5.10 Å². The monoisotopic (exact) mass is 314 g/mol. The molecule has 2 amide bonds. The van der Waals surface area contributed by atoms with E-state index in [4.69, 9.17) is 0 Å². The lowest BCUT2D eigenvalue weighted by Gasteiger charge is -2.07. The zero-order valence-electron chi connectivity index (χ0n) is 13.9. The van der Waals surface area contributed by atoms with Crippen LogP contribution < -0.4 is 10.6 Å². The molecule has 0 aliphatic heterocycles. The molecule has 2 aromatic rings. The Morgan fingerprint density at radius 1 is 1.17 bits per heavy atom. The normalized spacial score (nSPS) is 10.4. The number of carbonyl (C=O) groups is 2. The Balaban J connectivity index is 1.93. The number of nitrogens with zero attached hydrogens (tertiary/aromatic N) is 2. The van der Waals surface area contributed by atoms with Gasteiger partial charge in [-0.25, -0.2) is 0 Å². The molecule has 0 saturated heterocycles. The van der Waals surface area contributed by atoms with Gasteiger partial charge in [0, 0.05) is 37.5 Å². The van der Waals surface area contributed by atoms with Crippen molar-refractivity contribution >= 4 is 11.8 Å². The molecule has 1 aromatic heterocycles. The Bertz CT molecular complexity index is 717. The van der Waals surface area contributed by atoms with E-state index in [9.17, 15) is 9.59 Å². The molecule has 6 nitrogen and oxygen atoms in total. The summed E-state index contributed by atoms with van der Waals surface area (Å²) in [4.78, 5) is 23.6. The van der Waals surface area contributed by atoms with Gasteiger partial charge in [0.1, 0.15) is 0 Å². The summed E-state index contributed by atoms with van der Waals surface area (Å²) in [5, 5.41) is 9.79. The molecule has 23 heavy (non-hydrogen) atoms. The van der Waals surface area contributed by atoms with Crippen LogP contribution in [0.2, 0.25) is 0 Å². The fourth-order valence-electron chi connectivity index (χ4n) is 2.42. The highest BCUT2D eigenvalue weighted by Gasteiger charge is 2.13. The van der Waals surface area contributed by atoms with Gasteiger partial charge in [0.15, 0.2) is 0 Å². The molecule has 0 spiro atoms. The molecule has 122 valence electrons. The van der Waals surface area contributed by atoms with Gasteiger partial charge in [-0.05, 0) is 31.5 Å².